The number of ketones is 1. The van der Waals surface area contributed by atoms with Gasteiger partial charge in [-0.15, -0.1) is 6.42 Å². The molecule has 3 aliphatic rings. The minimum atomic E-state index is -1.28. The standard InChI is InChI=1S/C19H20INO5/c1-2-8-21(25)9-7-18-11-13(22)5-6-19(18,24)15(21)10-12-3-4-14(23)17(26-20)16(12)18/h1,3-4,15,24-25H,5-11H2/p+1/t15-,18-,19-,21?/m1/s1. The largest absolute Gasteiger partial charge is 0.504 e. The first-order valence-electron chi connectivity index (χ1n) is 8.72. The molecule has 26 heavy (non-hydrogen) atoms. The Morgan fingerprint density at radius 2 is 2.19 bits per heavy atom. The fraction of sp³-hybridized carbons (Fsp3) is 0.526. The van der Waals surface area contributed by atoms with Crippen LogP contribution in [0.3, 0.4) is 0 Å². The number of quaternary nitrogens is 1. The molecule has 0 aromatic heterocycles. The van der Waals surface area contributed by atoms with Crippen molar-refractivity contribution in [2.75, 3.05) is 13.1 Å². The molecule has 3 N–H and O–H groups in total. The maximum absolute atomic E-state index is 12.4. The van der Waals surface area contributed by atoms with Gasteiger partial charge in [-0.25, -0.2) is 5.21 Å². The van der Waals surface area contributed by atoms with Crippen LogP contribution in [0.15, 0.2) is 12.1 Å². The van der Waals surface area contributed by atoms with E-state index in [1.165, 1.54) is 0 Å². The fourth-order valence-electron chi connectivity index (χ4n) is 5.59. The van der Waals surface area contributed by atoms with E-state index in [1.807, 2.05) is 0 Å². The Bertz CT molecular complexity index is 836. The van der Waals surface area contributed by atoms with Crippen molar-refractivity contribution in [3.8, 4) is 23.8 Å². The van der Waals surface area contributed by atoms with E-state index in [0.717, 1.165) is 5.56 Å². The van der Waals surface area contributed by atoms with Crippen LogP contribution in [0.2, 0.25) is 0 Å². The molecule has 1 saturated heterocycles. The molecular weight excluding hydrogens is 449 g/mol. The van der Waals surface area contributed by atoms with Crippen LogP contribution in [0.4, 0.5) is 0 Å². The lowest BCUT2D eigenvalue weighted by Gasteiger charge is -2.62. The minimum Gasteiger partial charge on any atom is -0.504 e. The van der Waals surface area contributed by atoms with Gasteiger partial charge >= 0.3 is 0 Å². The van der Waals surface area contributed by atoms with E-state index in [2.05, 4.69) is 5.92 Å². The lowest BCUT2D eigenvalue weighted by molar-refractivity contribution is -1.12. The SMILES string of the molecule is C#CC[N+]1(O)CC[C@]23CC(=O)CC[C@@]2(O)[C@H]1Cc1ccc(O)c(OI)c13. The van der Waals surface area contributed by atoms with Crippen molar-refractivity contribution in [3.05, 3.63) is 23.3 Å². The maximum atomic E-state index is 12.4. The van der Waals surface area contributed by atoms with Crippen molar-refractivity contribution in [1.29, 1.82) is 0 Å². The highest BCUT2D eigenvalue weighted by atomic mass is 127. The third kappa shape index (κ3) is 2.13. The van der Waals surface area contributed by atoms with Crippen LogP contribution in [0.1, 0.15) is 36.8 Å². The van der Waals surface area contributed by atoms with E-state index < -0.39 is 17.1 Å². The number of carbonyl (C=O) groups excluding carboxylic acids is 1. The third-order valence-electron chi connectivity index (χ3n) is 6.73. The van der Waals surface area contributed by atoms with Gasteiger partial charge in [0.05, 0.1) is 0 Å². The number of aromatic hydroxyl groups is 1. The quantitative estimate of drug-likeness (QED) is 0.350. The number of fused-ring (bicyclic) bond motifs is 1. The number of aliphatic hydroxyl groups is 1. The lowest BCUT2D eigenvalue weighted by atomic mass is 9.49. The summed E-state index contributed by atoms with van der Waals surface area (Å²) in [5.74, 6) is 2.92. The van der Waals surface area contributed by atoms with Crippen LogP contribution >= 0.6 is 23.0 Å². The second-order valence-corrected chi connectivity index (χ2v) is 8.23. The van der Waals surface area contributed by atoms with Crippen molar-refractivity contribution in [2.24, 2.45) is 0 Å². The Morgan fingerprint density at radius 3 is 2.88 bits per heavy atom. The molecule has 1 saturated carbocycles. The number of piperidine rings is 1. The molecule has 7 heteroatoms. The summed E-state index contributed by atoms with van der Waals surface area (Å²) in [6.07, 6.45) is 7.03. The number of hydrogen-bond acceptors (Lipinski definition) is 5. The second-order valence-electron chi connectivity index (χ2n) is 7.79. The first-order chi connectivity index (χ1) is 12.3. The zero-order chi connectivity index (χ0) is 18.7. The van der Waals surface area contributed by atoms with Gasteiger partial charge in [-0.2, -0.15) is 4.65 Å². The van der Waals surface area contributed by atoms with Crippen molar-refractivity contribution in [1.82, 2.24) is 0 Å². The van der Waals surface area contributed by atoms with Crippen LogP contribution in [0.5, 0.6) is 11.5 Å². The van der Waals surface area contributed by atoms with E-state index >= 15 is 0 Å². The van der Waals surface area contributed by atoms with Gasteiger partial charge in [-0.05, 0) is 24.0 Å². The van der Waals surface area contributed by atoms with Crippen LogP contribution < -0.4 is 3.07 Å². The van der Waals surface area contributed by atoms with Gasteiger partial charge in [-0.3, -0.25) is 4.79 Å². The van der Waals surface area contributed by atoms with Crippen LogP contribution in [-0.4, -0.2) is 50.6 Å². The predicted molar refractivity (Wildman–Crippen MR) is 101 cm³/mol. The number of phenolic OH excluding ortho intramolecular Hbond substituents is 1. The molecule has 2 fully saturated rings. The van der Waals surface area contributed by atoms with Gasteiger partial charge < -0.3 is 13.3 Å². The summed E-state index contributed by atoms with van der Waals surface area (Å²) in [4.78, 5) is 12.4. The average molecular weight is 470 g/mol. The number of phenols is 1. The number of likely N-dealkylation sites (tertiary alicyclic amines) is 1. The Balaban J connectivity index is 2.01. The molecule has 1 aromatic rings. The summed E-state index contributed by atoms with van der Waals surface area (Å²) in [5.41, 5.74) is -0.563. The lowest BCUT2D eigenvalue weighted by Crippen LogP contribution is -2.78. The van der Waals surface area contributed by atoms with E-state index in [4.69, 9.17) is 9.49 Å². The van der Waals surface area contributed by atoms with Crippen molar-refractivity contribution in [2.45, 2.75) is 49.2 Å². The molecule has 1 aliphatic heterocycles. The highest BCUT2D eigenvalue weighted by Crippen LogP contribution is 2.61. The molecule has 6 nitrogen and oxygen atoms in total. The molecule has 4 atom stereocenters. The fourth-order valence-corrected chi connectivity index (χ4v) is 6.03. The molecule has 4 rings (SSSR count). The van der Waals surface area contributed by atoms with Gasteiger partial charge in [0.2, 0.25) is 0 Å². The number of nitrogens with zero attached hydrogens (tertiary/aromatic N) is 1. The summed E-state index contributed by atoms with van der Waals surface area (Å²) in [6.45, 7) is 0.459. The molecule has 0 spiro atoms. The zero-order valence-electron chi connectivity index (χ0n) is 14.2. The van der Waals surface area contributed by atoms with Crippen molar-refractivity contribution in [3.63, 3.8) is 0 Å². The highest BCUT2D eigenvalue weighted by molar-refractivity contribution is 14.1. The van der Waals surface area contributed by atoms with Crippen molar-refractivity contribution >= 4 is 28.8 Å². The number of hydrogen-bond donors (Lipinski definition) is 3. The Kier molecular flexibility index (Phi) is 4.04. The van der Waals surface area contributed by atoms with E-state index in [1.54, 1.807) is 35.1 Å². The van der Waals surface area contributed by atoms with Gasteiger partial charge in [0.25, 0.3) is 0 Å². The Labute approximate surface area is 166 Å². The molecule has 2 aliphatic carbocycles. The minimum absolute atomic E-state index is 0.00898. The van der Waals surface area contributed by atoms with Gasteiger partial charge in [0.1, 0.15) is 17.9 Å². The average Bonchev–Trinajstić information content (AvgIpc) is 2.60. The summed E-state index contributed by atoms with van der Waals surface area (Å²) in [7, 11) is 0. The van der Waals surface area contributed by atoms with Crippen LogP contribution in [-0.2, 0) is 16.6 Å². The molecule has 1 unspecified atom stereocenters. The Morgan fingerprint density at radius 1 is 1.42 bits per heavy atom. The van der Waals surface area contributed by atoms with Gasteiger partial charge in [0, 0.05) is 36.7 Å². The predicted octanol–water partition coefficient (Wildman–Crippen LogP) is 2.01. The van der Waals surface area contributed by atoms with Crippen LogP contribution in [0.25, 0.3) is 0 Å². The monoisotopic (exact) mass is 470 g/mol. The number of Topliss-reactive ketones (excluding diaryl/α,β-unsaturated/α-hetero) is 1. The number of terminal acetylenes is 1. The molecule has 2 bridgehead atoms. The molecule has 0 amide bonds. The number of hydroxylamine groups is 3. The summed E-state index contributed by atoms with van der Waals surface area (Å²) in [5, 5.41) is 33.4. The van der Waals surface area contributed by atoms with Crippen molar-refractivity contribution < 1.29 is 27.9 Å². The summed E-state index contributed by atoms with van der Waals surface area (Å²) >= 11 is 1.72. The highest BCUT2D eigenvalue weighted by Gasteiger charge is 2.71. The first kappa shape index (κ1) is 18.0. The van der Waals surface area contributed by atoms with Crippen LogP contribution in [0, 0.1) is 12.3 Å². The molecule has 138 valence electrons. The van der Waals surface area contributed by atoms with Gasteiger partial charge in [-0.1, -0.05) is 6.07 Å². The second kappa shape index (κ2) is 5.83. The topological polar surface area (TPSA) is 87.0 Å². The maximum Gasteiger partial charge on any atom is 0.192 e. The number of halogens is 1. The van der Waals surface area contributed by atoms with E-state index in [-0.39, 0.29) is 42.0 Å². The summed E-state index contributed by atoms with van der Waals surface area (Å²) in [6, 6.07) is 2.84. The van der Waals surface area contributed by atoms with Gasteiger partial charge in [0.15, 0.2) is 47.1 Å². The normalized spacial score (nSPS) is 38.1. The molecule has 1 heterocycles. The number of rotatable bonds is 2. The Hall–Kier alpha value is -1.34. The number of benzene rings is 1. The third-order valence-corrected chi connectivity index (χ3v) is 7.17. The zero-order valence-corrected chi connectivity index (χ0v) is 16.4. The molecule has 1 aromatic carbocycles. The molecule has 0 radical (unpaired) electrons. The van der Waals surface area contributed by atoms with E-state index in [9.17, 15) is 20.2 Å². The van der Waals surface area contributed by atoms with E-state index in [0.29, 0.717) is 30.7 Å². The number of carbonyl (C=O) groups is 1. The smallest absolute Gasteiger partial charge is 0.192 e. The summed E-state index contributed by atoms with van der Waals surface area (Å²) < 4.78 is 5.07. The molecular formula is C19H21INO5+. The first-order valence-corrected chi connectivity index (χ1v) is 9.60.